The van der Waals surface area contributed by atoms with Crippen LogP contribution in [-0.2, 0) is 16.0 Å². The summed E-state index contributed by atoms with van der Waals surface area (Å²) in [6, 6.07) is 8.25. The molecule has 0 radical (unpaired) electrons. The van der Waals surface area contributed by atoms with E-state index in [0.717, 1.165) is 6.42 Å². The zero-order valence-corrected chi connectivity index (χ0v) is 11.4. The third-order valence-electron chi connectivity index (χ3n) is 3.52. The van der Waals surface area contributed by atoms with Crippen molar-refractivity contribution in [1.29, 1.82) is 0 Å². The maximum Gasteiger partial charge on any atom is 0.225 e. The first-order chi connectivity index (χ1) is 9.06. The van der Waals surface area contributed by atoms with Gasteiger partial charge in [-0.1, -0.05) is 24.3 Å². The third-order valence-corrected chi connectivity index (χ3v) is 3.52. The Bertz CT molecular complexity index is 485. The highest BCUT2D eigenvalue weighted by molar-refractivity contribution is 5.89. The summed E-state index contributed by atoms with van der Waals surface area (Å²) >= 11 is 0. The summed E-state index contributed by atoms with van der Waals surface area (Å²) in [4.78, 5) is 23.1. The van der Waals surface area contributed by atoms with Crippen LogP contribution in [0.1, 0.15) is 24.5 Å². The molecule has 2 unspecified atom stereocenters. The number of amides is 2. The molecule has 2 amide bonds. The zero-order valence-electron chi connectivity index (χ0n) is 11.4. The molecular formula is C15H20N2O2. The van der Waals surface area contributed by atoms with Crippen LogP contribution in [0, 0.1) is 12.8 Å². The maximum absolute atomic E-state index is 12.0. The first kappa shape index (κ1) is 13.6. The number of aryl methyl sites for hydroxylation is 1. The Hall–Kier alpha value is -1.84. The summed E-state index contributed by atoms with van der Waals surface area (Å²) in [5.74, 6) is -0.280. The lowest BCUT2D eigenvalue weighted by Crippen LogP contribution is -2.39. The standard InChI is InChI=1S/C15H20N2O2/c1-10-5-3-4-6-12(10)7-11(2)17-15(19)13-8-14(18)16-9-13/h3-6,11,13H,7-9H2,1-2H3,(H,16,18)(H,17,19). The van der Waals surface area contributed by atoms with Crippen molar-refractivity contribution in [2.45, 2.75) is 32.7 Å². The van der Waals surface area contributed by atoms with E-state index in [1.165, 1.54) is 11.1 Å². The summed E-state index contributed by atoms with van der Waals surface area (Å²) in [6.07, 6.45) is 1.12. The van der Waals surface area contributed by atoms with Gasteiger partial charge in [-0.2, -0.15) is 0 Å². The van der Waals surface area contributed by atoms with Gasteiger partial charge in [0.15, 0.2) is 0 Å². The predicted molar refractivity (Wildman–Crippen MR) is 73.6 cm³/mol. The molecule has 0 spiro atoms. The molecule has 2 atom stereocenters. The average molecular weight is 260 g/mol. The summed E-state index contributed by atoms with van der Waals surface area (Å²) in [5.41, 5.74) is 2.48. The minimum Gasteiger partial charge on any atom is -0.355 e. The fourth-order valence-corrected chi connectivity index (χ4v) is 2.37. The van der Waals surface area contributed by atoms with Gasteiger partial charge in [-0.25, -0.2) is 0 Å². The van der Waals surface area contributed by atoms with E-state index in [-0.39, 0.29) is 23.8 Å². The molecule has 1 heterocycles. The smallest absolute Gasteiger partial charge is 0.225 e. The Labute approximate surface area is 113 Å². The van der Waals surface area contributed by atoms with Crippen LogP contribution in [0.15, 0.2) is 24.3 Å². The van der Waals surface area contributed by atoms with Crippen molar-refractivity contribution in [3.8, 4) is 0 Å². The van der Waals surface area contributed by atoms with Crippen molar-refractivity contribution in [2.24, 2.45) is 5.92 Å². The molecule has 102 valence electrons. The zero-order chi connectivity index (χ0) is 13.8. The van der Waals surface area contributed by atoms with E-state index in [1.807, 2.05) is 19.1 Å². The van der Waals surface area contributed by atoms with Crippen LogP contribution in [0.5, 0.6) is 0 Å². The molecular weight excluding hydrogens is 240 g/mol. The number of rotatable bonds is 4. The number of hydrogen-bond donors (Lipinski definition) is 2. The maximum atomic E-state index is 12.0. The second-order valence-electron chi connectivity index (χ2n) is 5.25. The van der Waals surface area contributed by atoms with E-state index >= 15 is 0 Å². The Morgan fingerprint density at radius 1 is 1.47 bits per heavy atom. The van der Waals surface area contributed by atoms with Gasteiger partial charge in [-0.3, -0.25) is 9.59 Å². The Kier molecular flexibility index (Phi) is 4.20. The van der Waals surface area contributed by atoms with Crippen LogP contribution < -0.4 is 10.6 Å². The van der Waals surface area contributed by atoms with E-state index in [2.05, 4.69) is 29.7 Å². The second kappa shape index (κ2) is 5.87. The molecule has 1 aliphatic heterocycles. The molecule has 0 aromatic heterocycles. The van der Waals surface area contributed by atoms with Crippen molar-refractivity contribution in [3.63, 3.8) is 0 Å². The molecule has 4 heteroatoms. The Morgan fingerprint density at radius 3 is 2.84 bits per heavy atom. The van der Waals surface area contributed by atoms with Crippen LogP contribution in [0.4, 0.5) is 0 Å². The molecule has 2 N–H and O–H groups in total. The molecule has 1 aliphatic rings. The van der Waals surface area contributed by atoms with Gasteiger partial charge in [0.2, 0.25) is 11.8 Å². The fraction of sp³-hybridized carbons (Fsp3) is 0.467. The van der Waals surface area contributed by atoms with Gasteiger partial charge in [0.05, 0.1) is 5.92 Å². The molecule has 1 saturated heterocycles. The average Bonchev–Trinajstić information content (AvgIpc) is 2.79. The highest BCUT2D eigenvalue weighted by Crippen LogP contribution is 2.12. The number of hydrogen-bond acceptors (Lipinski definition) is 2. The largest absolute Gasteiger partial charge is 0.355 e. The molecule has 4 nitrogen and oxygen atoms in total. The first-order valence-corrected chi connectivity index (χ1v) is 6.68. The summed E-state index contributed by atoms with van der Waals surface area (Å²) in [6.45, 7) is 4.53. The third kappa shape index (κ3) is 3.56. The van der Waals surface area contributed by atoms with Gasteiger partial charge >= 0.3 is 0 Å². The van der Waals surface area contributed by atoms with Gasteiger partial charge in [-0.05, 0) is 31.4 Å². The van der Waals surface area contributed by atoms with Crippen LogP contribution >= 0.6 is 0 Å². The normalized spacial score (nSPS) is 19.9. The summed E-state index contributed by atoms with van der Waals surface area (Å²) in [5, 5.41) is 5.67. The molecule has 1 fully saturated rings. The van der Waals surface area contributed by atoms with Gasteiger partial charge in [0.1, 0.15) is 0 Å². The summed E-state index contributed by atoms with van der Waals surface area (Å²) < 4.78 is 0. The highest BCUT2D eigenvalue weighted by Gasteiger charge is 2.28. The molecule has 19 heavy (non-hydrogen) atoms. The van der Waals surface area contributed by atoms with Crippen molar-refractivity contribution in [3.05, 3.63) is 35.4 Å². The van der Waals surface area contributed by atoms with Gasteiger partial charge in [0, 0.05) is 19.0 Å². The molecule has 0 aliphatic carbocycles. The fourth-order valence-electron chi connectivity index (χ4n) is 2.37. The molecule has 1 aromatic rings. The van der Waals surface area contributed by atoms with Crippen molar-refractivity contribution in [2.75, 3.05) is 6.54 Å². The van der Waals surface area contributed by atoms with Crippen LogP contribution in [0.3, 0.4) is 0 Å². The quantitative estimate of drug-likeness (QED) is 0.854. The van der Waals surface area contributed by atoms with Gasteiger partial charge in [-0.15, -0.1) is 0 Å². The van der Waals surface area contributed by atoms with E-state index in [1.54, 1.807) is 0 Å². The predicted octanol–water partition coefficient (Wildman–Crippen LogP) is 1.18. The van der Waals surface area contributed by atoms with E-state index in [0.29, 0.717) is 13.0 Å². The van der Waals surface area contributed by atoms with Crippen molar-refractivity contribution >= 4 is 11.8 Å². The topological polar surface area (TPSA) is 58.2 Å². The Morgan fingerprint density at radius 2 is 2.21 bits per heavy atom. The number of carbonyl (C=O) groups excluding carboxylic acids is 2. The summed E-state index contributed by atoms with van der Waals surface area (Å²) in [7, 11) is 0. The van der Waals surface area contributed by atoms with Crippen LogP contribution in [0.2, 0.25) is 0 Å². The Balaban J connectivity index is 1.87. The lowest BCUT2D eigenvalue weighted by atomic mass is 10.0. The van der Waals surface area contributed by atoms with Crippen LogP contribution in [0.25, 0.3) is 0 Å². The van der Waals surface area contributed by atoms with Crippen molar-refractivity contribution < 1.29 is 9.59 Å². The molecule has 2 rings (SSSR count). The molecule has 0 bridgehead atoms. The minimum atomic E-state index is -0.216. The first-order valence-electron chi connectivity index (χ1n) is 6.68. The second-order valence-corrected chi connectivity index (χ2v) is 5.25. The lowest BCUT2D eigenvalue weighted by Gasteiger charge is -2.17. The van der Waals surface area contributed by atoms with Crippen molar-refractivity contribution in [1.82, 2.24) is 10.6 Å². The van der Waals surface area contributed by atoms with Gasteiger partial charge in [0.25, 0.3) is 0 Å². The lowest BCUT2D eigenvalue weighted by molar-refractivity contribution is -0.127. The number of benzene rings is 1. The van der Waals surface area contributed by atoms with E-state index in [4.69, 9.17) is 0 Å². The minimum absolute atomic E-state index is 0.0283. The number of carbonyl (C=O) groups is 2. The number of nitrogens with one attached hydrogen (secondary N) is 2. The highest BCUT2D eigenvalue weighted by atomic mass is 16.2. The molecule has 0 saturated carbocycles. The SMILES string of the molecule is Cc1ccccc1CC(C)NC(=O)C1CNC(=O)C1. The van der Waals surface area contributed by atoms with Crippen LogP contribution in [-0.4, -0.2) is 24.4 Å². The monoisotopic (exact) mass is 260 g/mol. The van der Waals surface area contributed by atoms with E-state index < -0.39 is 0 Å². The molecule has 1 aromatic carbocycles. The van der Waals surface area contributed by atoms with Gasteiger partial charge < -0.3 is 10.6 Å². The van der Waals surface area contributed by atoms with E-state index in [9.17, 15) is 9.59 Å².